The molecule has 2 N–H and O–H groups in total. The van der Waals surface area contributed by atoms with Gasteiger partial charge in [0.2, 0.25) is 0 Å². The Morgan fingerprint density at radius 2 is 1.84 bits per heavy atom. The Labute approximate surface area is 183 Å². The van der Waals surface area contributed by atoms with Crippen LogP contribution in [-0.4, -0.2) is 17.5 Å². The molecule has 1 aliphatic rings. The number of benzene rings is 2. The normalized spacial score (nSPS) is 14.2. The highest BCUT2D eigenvalue weighted by Gasteiger charge is 2.28. The number of hydrogen-bond donors (Lipinski definition) is 2. The molecule has 0 fully saturated rings. The van der Waals surface area contributed by atoms with E-state index in [1.54, 1.807) is 25.1 Å². The highest BCUT2D eigenvalue weighted by Crippen LogP contribution is 2.30. The van der Waals surface area contributed by atoms with Gasteiger partial charge in [0.25, 0.3) is 11.8 Å². The van der Waals surface area contributed by atoms with Crippen molar-refractivity contribution in [3.05, 3.63) is 87.9 Å². The van der Waals surface area contributed by atoms with Crippen molar-refractivity contribution in [1.82, 2.24) is 5.43 Å². The smallest absolute Gasteiger partial charge is 0.291 e. The average Bonchev–Trinajstić information content (AvgIpc) is 3.11. The first-order valence-corrected chi connectivity index (χ1v) is 10.2. The van der Waals surface area contributed by atoms with Crippen LogP contribution in [0.3, 0.4) is 0 Å². The third-order valence-corrected chi connectivity index (χ3v) is 5.28. The molecule has 32 heavy (non-hydrogen) atoms. The van der Waals surface area contributed by atoms with Crippen molar-refractivity contribution in [3.8, 4) is 0 Å². The highest BCUT2D eigenvalue weighted by molar-refractivity contribution is 6.09. The lowest BCUT2D eigenvalue weighted by molar-refractivity contribution is 0.0953. The van der Waals surface area contributed by atoms with E-state index in [-0.39, 0.29) is 17.4 Å². The number of hydrogen-bond acceptors (Lipinski definition) is 4. The number of fused-ring (bicyclic) bond motifs is 1. The van der Waals surface area contributed by atoms with Crippen LogP contribution in [0.25, 0.3) is 0 Å². The van der Waals surface area contributed by atoms with E-state index in [4.69, 9.17) is 4.42 Å². The standard InChI is InChI=1S/C24H21F2N3O3/c1-13-5-3-6-15(11-13)23(30)29-28-19-7-4-8-20-21(19)14(2)22(32-20)24(31)27-18-10-9-16(25)12-17(18)26/h3,5-6,9-12H,4,7-8H2,1-2H3,(H,27,31)(H,29,30)/b28-19+. The lowest BCUT2D eigenvalue weighted by Gasteiger charge is -2.13. The van der Waals surface area contributed by atoms with Gasteiger partial charge in [0.05, 0.1) is 11.4 Å². The Morgan fingerprint density at radius 3 is 2.59 bits per heavy atom. The molecule has 1 heterocycles. The summed E-state index contributed by atoms with van der Waals surface area (Å²) in [5, 5.41) is 6.71. The van der Waals surface area contributed by atoms with Crippen LogP contribution in [0.4, 0.5) is 14.5 Å². The minimum atomic E-state index is -0.881. The third-order valence-electron chi connectivity index (χ3n) is 5.28. The monoisotopic (exact) mass is 437 g/mol. The summed E-state index contributed by atoms with van der Waals surface area (Å²) in [6.45, 7) is 3.61. The fourth-order valence-corrected chi connectivity index (χ4v) is 3.74. The van der Waals surface area contributed by atoms with Gasteiger partial charge < -0.3 is 9.73 Å². The van der Waals surface area contributed by atoms with Gasteiger partial charge in [-0.1, -0.05) is 17.7 Å². The summed E-state index contributed by atoms with van der Waals surface area (Å²) in [7, 11) is 0. The van der Waals surface area contributed by atoms with Crippen LogP contribution in [0.1, 0.15) is 56.2 Å². The van der Waals surface area contributed by atoms with E-state index in [1.165, 1.54) is 0 Å². The van der Waals surface area contributed by atoms with Crippen molar-refractivity contribution in [1.29, 1.82) is 0 Å². The number of anilines is 1. The van der Waals surface area contributed by atoms with Gasteiger partial charge in [0, 0.05) is 29.2 Å². The SMILES string of the molecule is Cc1cccc(C(=O)N/N=C2\CCCc3oc(C(=O)Nc4ccc(F)cc4F)c(C)c32)c1. The van der Waals surface area contributed by atoms with Gasteiger partial charge in [-0.25, -0.2) is 14.2 Å². The zero-order valence-electron chi connectivity index (χ0n) is 17.6. The van der Waals surface area contributed by atoms with Crippen molar-refractivity contribution >= 4 is 23.2 Å². The van der Waals surface area contributed by atoms with Crippen molar-refractivity contribution in [2.75, 3.05) is 5.32 Å². The van der Waals surface area contributed by atoms with E-state index in [0.29, 0.717) is 47.1 Å². The molecule has 0 bridgehead atoms. The first-order chi connectivity index (χ1) is 15.3. The highest BCUT2D eigenvalue weighted by atomic mass is 19.1. The van der Waals surface area contributed by atoms with Gasteiger partial charge in [-0.15, -0.1) is 0 Å². The van der Waals surface area contributed by atoms with E-state index < -0.39 is 17.5 Å². The molecule has 0 spiro atoms. The fraction of sp³-hybridized carbons (Fsp3) is 0.208. The molecular weight excluding hydrogens is 416 g/mol. The van der Waals surface area contributed by atoms with Crippen molar-refractivity contribution in [2.45, 2.75) is 33.1 Å². The number of furan rings is 1. The number of rotatable bonds is 4. The zero-order chi connectivity index (χ0) is 22.8. The van der Waals surface area contributed by atoms with Gasteiger partial charge in [-0.2, -0.15) is 5.10 Å². The minimum absolute atomic E-state index is 0.0262. The number of amides is 2. The number of halogens is 2. The Balaban J connectivity index is 1.57. The Hall–Kier alpha value is -3.81. The summed E-state index contributed by atoms with van der Waals surface area (Å²) in [5.74, 6) is -1.99. The summed E-state index contributed by atoms with van der Waals surface area (Å²) >= 11 is 0. The molecule has 4 rings (SSSR count). The molecule has 0 unspecified atom stereocenters. The molecule has 164 valence electrons. The van der Waals surface area contributed by atoms with Gasteiger partial charge in [-0.05, 0) is 51.0 Å². The summed E-state index contributed by atoms with van der Waals surface area (Å²) in [4.78, 5) is 25.1. The lowest BCUT2D eigenvalue weighted by Crippen LogP contribution is -2.22. The number of aryl methyl sites for hydroxylation is 2. The second-order valence-electron chi connectivity index (χ2n) is 7.66. The maximum atomic E-state index is 13.9. The predicted molar refractivity (Wildman–Crippen MR) is 116 cm³/mol. The van der Waals surface area contributed by atoms with Gasteiger partial charge in [0.15, 0.2) is 5.76 Å². The average molecular weight is 437 g/mol. The quantitative estimate of drug-likeness (QED) is 0.570. The maximum absolute atomic E-state index is 13.9. The van der Waals surface area contributed by atoms with E-state index in [0.717, 1.165) is 24.1 Å². The van der Waals surface area contributed by atoms with Crippen LogP contribution in [0.15, 0.2) is 52.0 Å². The number of nitrogens with one attached hydrogen (secondary N) is 2. The van der Waals surface area contributed by atoms with Gasteiger partial charge >= 0.3 is 0 Å². The lowest BCUT2D eigenvalue weighted by atomic mass is 9.93. The van der Waals surface area contributed by atoms with E-state index in [1.807, 2.05) is 13.0 Å². The summed E-state index contributed by atoms with van der Waals surface area (Å²) in [5.41, 5.74) is 5.71. The second kappa shape index (κ2) is 8.74. The Morgan fingerprint density at radius 1 is 1.03 bits per heavy atom. The van der Waals surface area contributed by atoms with Crippen LogP contribution in [0, 0.1) is 25.5 Å². The Bertz CT molecular complexity index is 1250. The fourth-order valence-electron chi connectivity index (χ4n) is 3.74. The first kappa shape index (κ1) is 21.4. The predicted octanol–water partition coefficient (Wildman–Crippen LogP) is 4.90. The zero-order valence-corrected chi connectivity index (χ0v) is 17.6. The largest absolute Gasteiger partial charge is 0.455 e. The first-order valence-electron chi connectivity index (χ1n) is 10.2. The van der Waals surface area contributed by atoms with Crippen LogP contribution < -0.4 is 10.7 Å². The molecule has 6 nitrogen and oxygen atoms in total. The molecule has 8 heteroatoms. The van der Waals surface area contributed by atoms with Crippen molar-refractivity contribution < 1.29 is 22.8 Å². The number of carbonyl (C=O) groups excluding carboxylic acids is 2. The second-order valence-corrected chi connectivity index (χ2v) is 7.66. The van der Waals surface area contributed by atoms with Crippen LogP contribution in [0.5, 0.6) is 0 Å². The number of nitrogens with zero attached hydrogens (tertiary/aromatic N) is 1. The summed E-state index contributed by atoms with van der Waals surface area (Å²) in [6.07, 6.45) is 1.96. The third kappa shape index (κ3) is 4.30. The topological polar surface area (TPSA) is 83.7 Å². The van der Waals surface area contributed by atoms with E-state index in [2.05, 4.69) is 15.8 Å². The molecule has 0 radical (unpaired) electrons. The van der Waals surface area contributed by atoms with Gasteiger partial charge in [-0.3, -0.25) is 9.59 Å². The minimum Gasteiger partial charge on any atom is -0.455 e. The molecule has 1 aliphatic carbocycles. The molecule has 0 aliphatic heterocycles. The van der Waals surface area contributed by atoms with E-state index >= 15 is 0 Å². The summed E-state index contributed by atoms with van der Waals surface area (Å²) in [6, 6.07) is 10.1. The molecular formula is C24H21F2N3O3. The molecule has 2 aromatic carbocycles. The number of hydrazone groups is 1. The van der Waals surface area contributed by atoms with Gasteiger partial charge in [0.1, 0.15) is 17.4 Å². The summed E-state index contributed by atoms with van der Waals surface area (Å²) < 4.78 is 32.8. The molecule has 0 saturated heterocycles. The molecule has 3 aromatic rings. The molecule has 0 atom stereocenters. The maximum Gasteiger partial charge on any atom is 0.291 e. The van der Waals surface area contributed by atoms with Crippen LogP contribution in [-0.2, 0) is 6.42 Å². The molecule has 2 amide bonds. The van der Waals surface area contributed by atoms with Crippen LogP contribution >= 0.6 is 0 Å². The number of carbonyl (C=O) groups is 2. The van der Waals surface area contributed by atoms with Crippen LogP contribution in [0.2, 0.25) is 0 Å². The van der Waals surface area contributed by atoms with Crippen molar-refractivity contribution in [2.24, 2.45) is 5.10 Å². The Kier molecular flexibility index (Phi) is 5.85. The van der Waals surface area contributed by atoms with E-state index in [9.17, 15) is 18.4 Å². The molecule has 0 saturated carbocycles. The van der Waals surface area contributed by atoms with Crippen molar-refractivity contribution in [3.63, 3.8) is 0 Å². The molecule has 1 aromatic heterocycles.